The van der Waals surface area contributed by atoms with Crippen molar-refractivity contribution in [3.05, 3.63) is 77.9 Å². The average molecular weight is 614 g/mol. The first-order valence-electron chi connectivity index (χ1n) is 13.6. The van der Waals surface area contributed by atoms with Crippen LogP contribution in [-0.4, -0.2) is 70.2 Å². The fraction of sp³-hybridized carbons (Fsp3) is 0.387. The number of benzene rings is 2. The first-order valence-corrected chi connectivity index (χ1v) is 14.5. The third-order valence-corrected chi connectivity index (χ3v) is 7.70. The van der Waals surface area contributed by atoms with Gasteiger partial charge in [-0.2, -0.15) is 0 Å². The van der Waals surface area contributed by atoms with E-state index in [0.717, 1.165) is 18.4 Å². The highest BCUT2D eigenvalue weighted by molar-refractivity contribution is 8.00. The Morgan fingerprint density at radius 3 is 2.30 bits per heavy atom. The number of hydrogen-bond donors (Lipinski definition) is 4. The molecule has 12 heteroatoms. The third kappa shape index (κ3) is 10.9. The van der Waals surface area contributed by atoms with Crippen LogP contribution in [0.3, 0.4) is 0 Å². The van der Waals surface area contributed by atoms with Crippen LogP contribution < -0.4 is 20.7 Å². The minimum Gasteiger partial charge on any atom is -0.478 e. The molecule has 0 aromatic heterocycles. The number of hydrogen-bond acceptors (Lipinski definition) is 9. The van der Waals surface area contributed by atoms with E-state index in [4.69, 9.17) is 9.47 Å². The van der Waals surface area contributed by atoms with Gasteiger partial charge in [0.2, 0.25) is 12.0 Å². The number of carbonyl (C=O) groups is 5. The molecule has 0 saturated carbocycles. The average Bonchev–Trinajstić information content (AvgIpc) is 3.30. The Kier molecular flexibility index (Phi) is 13.4. The Morgan fingerprint density at radius 2 is 1.77 bits per heavy atom. The summed E-state index contributed by atoms with van der Waals surface area (Å²) >= 11 is 1.77. The predicted octanol–water partition coefficient (Wildman–Crippen LogP) is 3.01. The molecule has 1 saturated heterocycles. The molecule has 1 aliphatic rings. The molecule has 3 atom stereocenters. The number of carboxylic acid groups (broad SMARTS) is 1. The van der Waals surface area contributed by atoms with E-state index in [1.165, 1.54) is 13.0 Å². The standard InChI is InChI=1S/C22H23NO7.C9H16N2OS/c1-13-17(10-7-11-19(13)29-14(2)24)21(26)23-18(12-16-8-5-4-6-9-16)20(22(27)28)30-15(3)25;1-4-5-10-8(12)7-9(2,3)13-6-11-7/h4-11,18,20H,12H2,1-3H3,(H,23,26)(H,27,28);4,7,11H,1,5-6H2,2-3H3,(H,10,12)/t18-,20-;/m0./s1. The van der Waals surface area contributed by atoms with Crippen molar-refractivity contribution in [1.82, 2.24) is 16.0 Å². The van der Waals surface area contributed by atoms with Crippen LogP contribution in [0.5, 0.6) is 5.75 Å². The topological polar surface area (TPSA) is 160 Å². The van der Waals surface area contributed by atoms with Crippen molar-refractivity contribution in [2.75, 3.05) is 12.4 Å². The van der Waals surface area contributed by atoms with Crippen LogP contribution >= 0.6 is 11.8 Å². The first-order chi connectivity index (χ1) is 20.3. The lowest BCUT2D eigenvalue weighted by molar-refractivity contribution is -0.164. The number of carboxylic acids is 1. The molecule has 3 rings (SSSR count). The normalized spacial score (nSPS) is 16.3. The summed E-state index contributed by atoms with van der Waals surface area (Å²) in [5.41, 5.74) is 1.38. The van der Waals surface area contributed by atoms with Crippen LogP contribution in [0.1, 0.15) is 49.2 Å². The lowest BCUT2D eigenvalue weighted by Crippen LogP contribution is -2.50. The molecule has 0 spiro atoms. The Hall–Kier alpha value is -4.16. The van der Waals surface area contributed by atoms with Gasteiger partial charge in [-0.25, -0.2) is 4.79 Å². The summed E-state index contributed by atoms with van der Waals surface area (Å²) in [4.78, 5) is 58.9. The second-order valence-electron chi connectivity index (χ2n) is 10.2. The summed E-state index contributed by atoms with van der Waals surface area (Å²) in [6, 6.07) is 12.4. The lowest BCUT2D eigenvalue weighted by Gasteiger charge is -2.25. The molecule has 11 nitrogen and oxygen atoms in total. The number of thioether (sulfide) groups is 1. The summed E-state index contributed by atoms with van der Waals surface area (Å²) in [7, 11) is 0. The maximum Gasteiger partial charge on any atom is 0.347 e. The van der Waals surface area contributed by atoms with Gasteiger partial charge in [0.1, 0.15) is 11.8 Å². The zero-order chi connectivity index (χ0) is 32.2. The highest BCUT2D eigenvalue weighted by Gasteiger charge is 2.39. The van der Waals surface area contributed by atoms with Crippen LogP contribution in [-0.2, 0) is 30.3 Å². The molecule has 0 bridgehead atoms. The number of esters is 2. The maximum atomic E-state index is 12.9. The monoisotopic (exact) mass is 613 g/mol. The molecule has 1 unspecified atom stereocenters. The number of aliphatic carboxylic acids is 1. The Labute approximate surface area is 255 Å². The van der Waals surface area contributed by atoms with Crippen LogP contribution in [0.2, 0.25) is 0 Å². The number of carbonyl (C=O) groups excluding carboxylic acids is 4. The zero-order valence-corrected chi connectivity index (χ0v) is 25.8. The van der Waals surface area contributed by atoms with E-state index in [1.54, 1.807) is 61.2 Å². The molecule has 1 heterocycles. The maximum absolute atomic E-state index is 12.9. The Morgan fingerprint density at radius 1 is 1.09 bits per heavy atom. The quantitative estimate of drug-likeness (QED) is 0.169. The van der Waals surface area contributed by atoms with Gasteiger partial charge >= 0.3 is 17.9 Å². The van der Waals surface area contributed by atoms with Crippen molar-refractivity contribution in [1.29, 1.82) is 0 Å². The fourth-order valence-corrected chi connectivity index (χ4v) is 5.26. The first kappa shape index (κ1) is 35.0. The number of rotatable bonds is 11. The van der Waals surface area contributed by atoms with Gasteiger partial charge in [-0.15, -0.1) is 18.3 Å². The largest absolute Gasteiger partial charge is 0.478 e. The van der Waals surface area contributed by atoms with E-state index in [0.29, 0.717) is 12.1 Å². The Bertz CT molecular complexity index is 1320. The van der Waals surface area contributed by atoms with Crippen LogP contribution in [0, 0.1) is 6.92 Å². The SMILES string of the molecule is C=CCNC(=O)C1NCSC1(C)C.CC(=O)Oc1cccc(C(=O)N[C@@H](Cc2ccccc2)[C@H](OC(C)=O)C(=O)O)c1C. The molecule has 0 radical (unpaired) electrons. The molecule has 2 aromatic carbocycles. The van der Waals surface area contributed by atoms with E-state index < -0.39 is 36.0 Å². The smallest absolute Gasteiger partial charge is 0.347 e. The van der Waals surface area contributed by atoms with Gasteiger partial charge in [-0.1, -0.05) is 42.5 Å². The second kappa shape index (κ2) is 16.5. The summed E-state index contributed by atoms with van der Waals surface area (Å²) in [6.07, 6.45) is 0.232. The van der Waals surface area contributed by atoms with Gasteiger partial charge in [0.05, 0.1) is 6.04 Å². The van der Waals surface area contributed by atoms with Crippen molar-refractivity contribution in [2.24, 2.45) is 0 Å². The van der Waals surface area contributed by atoms with Gasteiger partial charge in [0.25, 0.3) is 5.91 Å². The fourth-order valence-electron chi connectivity index (χ4n) is 4.28. The van der Waals surface area contributed by atoms with Crippen LogP contribution in [0.15, 0.2) is 61.2 Å². The molecule has 0 aliphatic carbocycles. The van der Waals surface area contributed by atoms with Crippen molar-refractivity contribution >= 4 is 41.5 Å². The van der Waals surface area contributed by atoms with E-state index in [1.807, 2.05) is 6.07 Å². The predicted molar refractivity (Wildman–Crippen MR) is 164 cm³/mol. The van der Waals surface area contributed by atoms with Crippen molar-refractivity contribution in [3.63, 3.8) is 0 Å². The number of amides is 2. The lowest BCUT2D eigenvalue weighted by atomic mass is 9.99. The van der Waals surface area contributed by atoms with E-state index >= 15 is 0 Å². The minimum absolute atomic E-state index is 0.00868. The molecule has 232 valence electrons. The van der Waals surface area contributed by atoms with E-state index in [9.17, 15) is 29.1 Å². The summed E-state index contributed by atoms with van der Waals surface area (Å²) in [5.74, 6) is -2.13. The molecule has 2 amide bonds. The molecule has 1 fully saturated rings. The van der Waals surface area contributed by atoms with E-state index in [2.05, 4.69) is 36.4 Å². The molecular weight excluding hydrogens is 574 g/mol. The number of nitrogens with one attached hydrogen (secondary N) is 3. The Balaban J connectivity index is 0.000000413. The highest BCUT2D eigenvalue weighted by atomic mass is 32.2. The second-order valence-corrected chi connectivity index (χ2v) is 11.9. The summed E-state index contributed by atoms with van der Waals surface area (Å²) < 4.78 is 10.1. The van der Waals surface area contributed by atoms with Gasteiger partial charge in [-0.05, 0) is 44.9 Å². The third-order valence-electron chi connectivity index (χ3n) is 6.41. The molecule has 2 aromatic rings. The van der Waals surface area contributed by atoms with Crippen molar-refractivity contribution in [2.45, 2.75) is 64.0 Å². The van der Waals surface area contributed by atoms with Crippen LogP contribution in [0.25, 0.3) is 0 Å². The van der Waals surface area contributed by atoms with Gasteiger partial charge in [-0.3, -0.25) is 24.5 Å². The number of ether oxygens (including phenoxy) is 2. The summed E-state index contributed by atoms with van der Waals surface area (Å²) in [6.45, 7) is 12.2. The highest BCUT2D eigenvalue weighted by Crippen LogP contribution is 2.32. The summed E-state index contributed by atoms with van der Waals surface area (Å²) in [5, 5.41) is 18.2. The molecule has 4 N–H and O–H groups in total. The van der Waals surface area contributed by atoms with Crippen LogP contribution in [0.4, 0.5) is 0 Å². The zero-order valence-electron chi connectivity index (χ0n) is 25.0. The minimum atomic E-state index is -1.58. The van der Waals surface area contributed by atoms with Gasteiger partial charge in [0.15, 0.2) is 0 Å². The van der Waals surface area contributed by atoms with Gasteiger partial charge in [0, 0.05) is 42.1 Å². The molecule has 43 heavy (non-hydrogen) atoms. The van der Waals surface area contributed by atoms with E-state index in [-0.39, 0.29) is 34.4 Å². The molecular formula is C31H39N3O8S. The van der Waals surface area contributed by atoms with Gasteiger partial charge < -0.3 is 25.2 Å². The van der Waals surface area contributed by atoms with Crippen molar-refractivity contribution < 1.29 is 38.6 Å². The molecule has 1 aliphatic heterocycles. The van der Waals surface area contributed by atoms with Crippen molar-refractivity contribution in [3.8, 4) is 5.75 Å².